The number of hydrogen-bond donors (Lipinski definition) is 3. The Morgan fingerprint density at radius 2 is 1.96 bits per heavy atom. The van der Waals surface area contributed by atoms with E-state index in [1.165, 1.54) is 16.9 Å². The number of fused-ring (bicyclic) bond motifs is 3. The predicted octanol–water partition coefficient (Wildman–Crippen LogP) is 4.49. The number of nitrogens with two attached hydrogens (primary N) is 1. The maximum absolute atomic E-state index is 12.6. The van der Waals surface area contributed by atoms with Crippen LogP contribution in [0.4, 0.5) is 0 Å². The van der Waals surface area contributed by atoms with E-state index in [2.05, 4.69) is 17.1 Å². The van der Waals surface area contributed by atoms with Crippen molar-refractivity contribution in [2.24, 2.45) is 5.73 Å². The summed E-state index contributed by atoms with van der Waals surface area (Å²) in [7, 11) is 0. The number of aromatic hydroxyl groups is 1. The van der Waals surface area contributed by atoms with Crippen LogP contribution in [0.25, 0.3) is 32.1 Å². The van der Waals surface area contributed by atoms with E-state index >= 15 is 0 Å². The number of thiophene rings is 1. The van der Waals surface area contributed by atoms with Crippen molar-refractivity contribution in [2.75, 3.05) is 6.54 Å². The van der Waals surface area contributed by atoms with Crippen LogP contribution in [0, 0.1) is 0 Å². The minimum Gasteiger partial charge on any atom is -0.507 e. The number of nitrogens with one attached hydrogen (secondary N) is 1. The Labute approximate surface area is 160 Å². The van der Waals surface area contributed by atoms with Crippen LogP contribution in [0.5, 0.6) is 5.75 Å². The monoisotopic (exact) mass is 376 g/mol. The van der Waals surface area contributed by atoms with Crippen LogP contribution in [0.3, 0.4) is 0 Å². The highest BCUT2D eigenvalue weighted by Gasteiger charge is 2.29. The summed E-state index contributed by atoms with van der Waals surface area (Å²) in [6.45, 7) is 0.611. The van der Waals surface area contributed by atoms with Gasteiger partial charge in [0.2, 0.25) is 0 Å². The second kappa shape index (κ2) is 6.22. The third-order valence-corrected chi connectivity index (χ3v) is 6.32. The Bertz CT molecular complexity index is 1220. The summed E-state index contributed by atoms with van der Waals surface area (Å²) in [4.78, 5) is 15.7. The zero-order valence-electron chi connectivity index (χ0n) is 14.8. The molecule has 0 bridgehead atoms. The summed E-state index contributed by atoms with van der Waals surface area (Å²) in [6, 6.07) is 12.0. The molecule has 1 fully saturated rings. The van der Waals surface area contributed by atoms with Gasteiger partial charge in [0, 0.05) is 16.3 Å². The first kappa shape index (κ1) is 16.5. The van der Waals surface area contributed by atoms with E-state index in [-0.39, 0.29) is 11.3 Å². The lowest BCUT2D eigenvalue weighted by molar-refractivity contribution is 0.477. The molecule has 5 heteroatoms. The fourth-order valence-corrected chi connectivity index (χ4v) is 4.75. The van der Waals surface area contributed by atoms with Crippen molar-refractivity contribution in [2.45, 2.75) is 25.2 Å². The number of aromatic nitrogens is 1. The first-order valence-corrected chi connectivity index (χ1v) is 10.1. The SMILES string of the molecule is NCCc1ccc(-c2c(O)cc(C3CC3)c3[nH]c(=O)c4sccc4c23)cc1. The first-order valence-electron chi connectivity index (χ1n) is 9.26. The molecule has 0 unspecified atom stereocenters. The van der Waals surface area contributed by atoms with E-state index in [0.717, 1.165) is 52.2 Å². The largest absolute Gasteiger partial charge is 0.507 e. The molecule has 136 valence electrons. The van der Waals surface area contributed by atoms with Gasteiger partial charge in [-0.1, -0.05) is 24.3 Å². The molecule has 0 saturated heterocycles. The molecule has 2 heterocycles. The summed E-state index contributed by atoms with van der Waals surface area (Å²) >= 11 is 1.44. The van der Waals surface area contributed by atoms with Crippen LogP contribution < -0.4 is 11.3 Å². The highest BCUT2D eigenvalue weighted by molar-refractivity contribution is 7.17. The van der Waals surface area contributed by atoms with E-state index in [1.54, 1.807) is 0 Å². The molecule has 4 N–H and O–H groups in total. The molecule has 2 aromatic carbocycles. The van der Waals surface area contributed by atoms with Gasteiger partial charge in [-0.3, -0.25) is 4.79 Å². The van der Waals surface area contributed by atoms with Crippen LogP contribution in [0.15, 0.2) is 46.6 Å². The molecule has 1 aliphatic rings. The average Bonchev–Trinajstić information content (AvgIpc) is 3.38. The van der Waals surface area contributed by atoms with Crippen LogP contribution in [-0.4, -0.2) is 16.6 Å². The van der Waals surface area contributed by atoms with Gasteiger partial charge in [0.15, 0.2) is 0 Å². The molecule has 2 aromatic heterocycles. The van der Waals surface area contributed by atoms with Gasteiger partial charge < -0.3 is 15.8 Å². The molecule has 0 radical (unpaired) electrons. The second-order valence-corrected chi connectivity index (χ2v) is 8.15. The van der Waals surface area contributed by atoms with E-state index in [4.69, 9.17) is 5.73 Å². The first-order chi connectivity index (χ1) is 13.2. The van der Waals surface area contributed by atoms with Crippen molar-refractivity contribution in [3.05, 3.63) is 63.3 Å². The highest BCUT2D eigenvalue weighted by atomic mass is 32.1. The van der Waals surface area contributed by atoms with Crippen molar-refractivity contribution >= 4 is 32.3 Å². The summed E-state index contributed by atoms with van der Waals surface area (Å²) in [6.07, 6.45) is 3.03. The Balaban J connectivity index is 1.86. The number of aromatic amines is 1. The van der Waals surface area contributed by atoms with E-state index in [9.17, 15) is 9.90 Å². The van der Waals surface area contributed by atoms with Gasteiger partial charge in [-0.15, -0.1) is 11.3 Å². The average molecular weight is 376 g/mol. The Morgan fingerprint density at radius 1 is 1.19 bits per heavy atom. The third-order valence-electron chi connectivity index (χ3n) is 5.41. The number of benzene rings is 2. The minimum atomic E-state index is -0.0515. The molecule has 1 aliphatic carbocycles. The molecule has 5 rings (SSSR count). The van der Waals surface area contributed by atoms with Crippen LogP contribution in [0.1, 0.15) is 29.9 Å². The summed E-state index contributed by atoms with van der Waals surface area (Å²) in [5, 5.41) is 14.7. The number of phenolic OH excluding ortho intramolecular Hbond substituents is 1. The third kappa shape index (κ3) is 2.66. The molecular weight excluding hydrogens is 356 g/mol. The maximum atomic E-state index is 12.6. The van der Waals surface area contributed by atoms with Crippen LogP contribution in [0.2, 0.25) is 0 Å². The highest BCUT2D eigenvalue weighted by Crippen LogP contribution is 2.48. The Hall–Kier alpha value is -2.63. The number of rotatable bonds is 4. The van der Waals surface area contributed by atoms with Gasteiger partial charge in [-0.25, -0.2) is 0 Å². The van der Waals surface area contributed by atoms with Gasteiger partial charge in [0.1, 0.15) is 10.4 Å². The topological polar surface area (TPSA) is 79.1 Å². The van der Waals surface area contributed by atoms with Crippen molar-refractivity contribution in [1.82, 2.24) is 4.98 Å². The summed E-state index contributed by atoms with van der Waals surface area (Å²) in [5.41, 5.74) is 10.4. The fourth-order valence-electron chi connectivity index (χ4n) is 3.96. The molecule has 0 spiro atoms. The molecule has 0 amide bonds. The Morgan fingerprint density at radius 3 is 2.67 bits per heavy atom. The molecule has 1 saturated carbocycles. The second-order valence-electron chi connectivity index (χ2n) is 7.24. The van der Waals surface area contributed by atoms with Gasteiger partial charge in [-0.2, -0.15) is 0 Å². The van der Waals surface area contributed by atoms with Gasteiger partial charge in [0.25, 0.3) is 5.56 Å². The van der Waals surface area contributed by atoms with Gasteiger partial charge in [0.05, 0.1) is 5.52 Å². The summed E-state index contributed by atoms with van der Waals surface area (Å²) in [5.74, 6) is 0.696. The van der Waals surface area contributed by atoms with Crippen molar-refractivity contribution in [3.63, 3.8) is 0 Å². The van der Waals surface area contributed by atoms with Gasteiger partial charge in [-0.05, 0) is 65.9 Å². The van der Waals surface area contributed by atoms with Crippen molar-refractivity contribution < 1.29 is 5.11 Å². The lowest BCUT2D eigenvalue weighted by Crippen LogP contribution is -2.06. The normalized spacial score (nSPS) is 14.3. The number of pyridine rings is 1. The van der Waals surface area contributed by atoms with Crippen LogP contribution >= 0.6 is 11.3 Å². The standard InChI is InChI=1S/C22H20N2O2S/c23-9-7-12-1-3-14(4-2-12)18-17(25)11-16(13-5-6-13)20-19(18)15-8-10-27-21(15)22(26)24-20/h1-4,8,10-11,13,25H,5-7,9,23H2,(H,24,26). The van der Waals surface area contributed by atoms with E-state index < -0.39 is 0 Å². The van der Waals surface area contributed by atoms with E-state index in [1.807, 2.05) is 29.6 Å². The fraction of sp³-hybridized carbons (Fsp3) is 0.227. The van der Waals surface area contributed by atoms with Crippen molar-refractivity contribution in [1.29, 1.82) is 0 Å². The molecule has 0 atom stereocenters. The smallest absolute Gasteiger partial charge is 0.266 e. The Kier molecular flexibility index (Phi) is 3.81. The minimum absolute atomic E-state index is 0.0515. The number of H-pyrrole nitrogens is 1. The number of hydrogen-bond acceptors (Lipinski definition) is 4. The number of phenols is 1. The molecule has 27 heavy (non-hydrogen) atoms. The quantitative estimate of drug-likeness (QED) is 0.491. The molecule has 4 nitrogen and oxygen atoms in total. The van der Waals surface area contributed by atoms with Crippen LogP contribution in [-0.2, 0) is 6.42 Å². The maximum Gasteiger partial charge on any atom is 0.266 e. The van der Waals surface area contributed by atoms with E-state index in [0.29, 0.717) is 17.2 Å². The molecule has 4 aromatic rings. The summed E-state index contributed by atoms with van der Waals surface area (Å²) < 4.78 is 0.704. The van der Waals surface area contributed by atoms with Crippen molar-refractivity contribution in [3.8, 4) is 16.9 Å². The molecular formula is C22H20N2O2S. The molecule has 0 aliphatic heterocycles. The zero-order valence-corrected chi connectivity index (χ0v) is 15.6. The lowest BCUT2D eigenvalue weighted by atomic mass is 9.92. The lowest BCUT2D eigenvalue weighted by Gasteiger charge is -2.15. The van der Waals surface area contributed by atoms with Gasteiger partial charge >= 0.3 is 0 Å². The predicted molar refractivity (Wildman–Crippen MR) is 112 cm³/mol. The zero-order chi connectivity index (χ0) is 18.5.